The van der Waals surface area contributed by atoms with E-state index in [1.807, 2.05) is 54.6 Å². The Morgan fingerprint density at radius 1 is 1.09 bits per heavy atom. The number of ether oxygens (including phenoxy) is 1. The molecule has 0 spiro atoms. The standard InChI is InChI=1S/C19H16BrNO2/c1-23-19(22)17-14-9-5-6-10-16(14)21-18(15(17)11-12-20)13-7-3-2-4-8-13/h2-10H,11-12H2,1H3. The molecule has 0 fully saturated rings. The minimum Gasteiger partial charge on any atom is -0.465 e. The van der Waals surface area contributed by atoms with Gasteiger partial charge in [-0.15, -0.1) is 0 Å². The van der Waals surface area contributed by atoms with Gasteiger partial charge in [0.1, 0.15) is 0 Å². The van der Waals surface area contributed by atoms with Gasteiger partial charge < -0.3 is 4.74 Å². The minimum atomic E-state index is -0.322. The molecule has 1 heterocycles. The number of benzene rings is 2. The van der Waals surface area contributed by atoms with Gasteiger partial charge in [-0.05, 0) is 18.1 Å². The molecule has 0 aliphatic rings. The summed E-state index contributed by atoms with van der Waals surface area (Å²) in [5.74, 6) is -0.322. The zero-order valence-electron chi connectivity index (χ0n) is 12.8. The molecule has 0 aliphatic heterocycles. The van der Waals surface area contributed by atoms with E-state index in [1.165, 1.54) is 7.11 Å². The summed E-state index contributed by atoms with van der Waals surface area (Å²) in [7, 11) is 1.41. The van der Waals surface area contributed by atoms with Gasteiger partial charge in [-0.2, -0.15) is 0 Å². The number of aromatic nitrogens is 1. The molecule has 0 atom stereocenters. The lowest BCUT2D eigenvalue weighted by molar-refractivity contribution is 0.0602. The first kappa shape index (κ1) is 15.7. The third-order valence-corrected chi connectivity index (χ3v) is 4.17. The van der Waals surface area contributed by atoms with Gasteiger partial charge in [-0.25, -0.2) is 9.78 Å². The number of nitrogens with zero attached hydrogens (tertiary/aromatic N) is 1. The fourth-order valence-electron chi connectivity index (χ4n) is 2.76. The predicted octanol–water partition coefficient (Wildman–Crippen LogP) is 4.63. The van der Waals surface area contributed by atoms with Gasteiger partial charge in [-0.1, -0.05) is 64.5 Å². The van der Waals surface area contributed by atoms with Crippen molar-refractivity contribution in [2.75, 3.05) is 12.4 Å². The van der Waals surface area contributed by atoms with Crippen LogP contribution in [0.2, 0.25) is 0 Å². The van der Waals surface area contributed by atoms with Crippen molar-refractivity contribution in [2.45, 2.75) is 6.42 Å². The monoisotopic (exact) mass is 369 g/mol. The highest BCUT2D eigenvalue weighted by Gasteiger charge is 2.21. The second-order valence-electron chi connectivity index (χ2n) is 5.13. The number of carbonyl (C=O) groups is 1. The number of alkyl halides is 1. The molecule has 0 unspecified atom stereocenters. The van der Waals surface area contributed by atoms with Crippen molar-refractivity contribution in [3.05, 3.63) is 65.7 Å². The third kappa shape index (κ3) is 2.99. The molecule has 0 amide bonds. The van der Waals surface area contributed by atoms with Crippen LogP contribution in [0.3, 0.4) is 0 Å². The molecule has 4 heteroatoms. The highest BCUT2D eigenvalue weighted by molar-refractivity contribution is 9.09. The van der Waals surface area contributed by atoms with E-state index in [-0.39, 0.29) is 5.97 Å². The first-order chi connectivity index (χ1) is 11.3. The number of pyridine rings is 1. The largest absolute Gasteiger partial charge is 0.465 e. The van der Waals surface area contributed by atoms with Crippen LogP contribution in [0.25, 0.3) is 22.2 Å². The zero-order chi connectivity index (χ0) is 16.2. The quantitative estimate of drug-likeness (QED) is 0.497. The molecular formula is C19H16BrNO2. The molecule has 0 N–H and O–H groups in total. The maximum Gasteiger partial charge on any atom is 0.338 e. The van der Waals surface area contributed by atoms with E-state index in [0.29, 0.717) is 12.0 Å². The molecule has 0 saturated heterocycles. The maximum atomic E-state index is 12.4. The first-order valence-corrected chi connectivity index (χ1v) is 8.49. The van der Waals surface area contributed by atoms with Crippen molar-refractivity contribution in [3.63, 3.8) is 0 Å². The number of fused-ring (bicyclic) bond motifs is 1. The van der Waals surface area contributed by atoms with Crippen molar-refractivity contribution in [2.24, 2.45) is 0 Å². The van der Waals surface area contributed by atoms with Crippen LogP contribution in [0.1, 0.15) is 15.9 Å². The fraction of sp³-hybridized carbons (Fsp3) is 0.158. The van der Waals surface area contributed by atoms with E-state index < -0.39 is 0 Å². The van der Waals surface area contributed by atoms with Crippen LogP contribution < -0.4 is 0 Å². The van der Waals surface area contributed by atoms with Crippen LogP contribution in [0.5, 0.6) is 0 Å². The number of carbonyl (C=O) groups excluding carboxylic acids is 1. The number of methoxy groups -OCH3 is 1. The van der Waals surface area contributed by atoms with Gasteiger partial charge >= 0.3 is 5.97 Å². The Morgan fingerprint density at radius 3 is 2.48 bits per heavy atom. The topological polar surface area (TPSA) is 39.2 Å². The Morgan fingerprint density at radius 2 is 1.78 bits per heavy atom. The normalized spacial score (nSPS) is 10.7. The summed E-state index contributed by atoms with van der Waals surface area (Å²) in [6.45, 7) is 0. The SMILES string of the molecule is COC(=O)c1c(CCBr)c(-c2ccccc2)nc2ccccc12. The summed E-state index contributed by atoms with van der Waals surface area (Å²) in [4.78, 5) is 17.3. The zero-order valence-corrected chi connectivity index (χ0v) is 14.3. The van der Waals surface area contributed by atoms with Crippen molar-refractivity contribution in [1.29, 1.82) is 0 Å². The van der Waals surface area contributed by atoms with E-state index in [2.05, 4.69) is 15.9 Å². The number of para-hydroxylation sites is 1. The predicted molar refractivity (Wildman–Crippen MR) is 96.0 cm³/mol. The lowest BCUT2D eigenvalue weighted by Crippen LogP contribution is -2.10. The molecule has 3 nitrogen and oxygen atoms in total. The van der Waals surface area contributed by atoms with Crippen LogP contribution in [0.15, 0.2) is 54.6 Å². The molecule has 3 rings (SSSR count). The molecule has 0 radical (unpaired) electrons. The smallest absolute Gasteiger partial charge is 0.338 e. The van der Waals surface area contributed by atoms with Gasteiger partial charge in [0.25, 0.3) is 0 Å². The molecule has 0 bridgehead atoms. The van der Waals surface area contributed by atoms with Crippen molar-refractivity contribution >= 4 is 32.8 Å². The molecule has 0 aliphatic carbocycles. The van der Waals surface area contributed by atoms with E-state index in [4.69, 9.17) is 9.72 Å². The van der Waals surface area contributed by atoms with Crippen LogP contribution in [0.4, 0.5) is 0 Å². The maximum absolute atomic E-state index is 12.4. The average Bonchev–Trinajstić information content (AvgIpc) is 2.61. The van der Waals surface area contributed by atoms with Crippen LogP contribution in [0, 0.1) is 0 Å². The van der Waals surface area contributed by atoms with E-state index in [1.54, 1.807) is 0 Å². The average molecular weight is 370 g/mol. The van der Waals surface area contributed by atoms with Crippen LogP contribution in [-0.4, -0.2) is 23.4 Å². The summed E-state index contributed by atoms with van der Waals surface area (Å²) >= 11 is 3.48. The number of rotatable bonds is 4. The summed E-state index contributed by atoms with van der Waals surface area (Å²) in [5.41, 5.74) is 4.16. The van der Waals surface area contributed by atoms with Gasteiger partial charge in [0.15, 0.2) is 0 Å². The van der Waals surface area contributed by atoms with Gasteiger partial charge in [-0.3, -0.25) is 0 Å². The molecule has 3 aromatic rings. The number of halogens is 1. The first-order valence-electron chi connectivity index (χ1n) is 7.37. The van der Waals surface area contributed by atoms with E-state index in [9.17, 15) is 4.79 Å². The van der Waals surface area contributed by atoms with E-state index >= 15 is 0 Å². The summed E-state index contributed by atoms with van der Waals surface area (Å²) in [6, 6.07) is 17.6. The molecule has 116 valence electrons. The number of hydrogen-bond donors (Lipinski definition) is 0. The van der Waals surface area contributed by atoms with Gasteiger partial charge in [0.05, 0.1) is 23.9 Å². The van der Waals surface area contributed by atoms with Crippen LogP contribution in [-0.2, 0) is 11.2 Å². The molecular weight excluding hydrogens is 354 g/mol. The highest BCUT2D eigenvalue weighted by atomic mass is 79.9. The van der Waals surface area contributed by atoms with Crippen molar-refractivity contribution in [3.8, 4) is 11.3 Å². The second kappa shape index (κ2) is 6.92. The lowest BCUT2D eigenvalue weighted by atomic mass is 9.95. The van der Waals surface area contributed by atoms with Crippen molar-refractivity contribution in [1.82, 2.24) is 4.98 Å². The Bertz CT molecular complexity index is 847. The molecule has 23 heavy (non-hydrogen) atoms. The van der Waals surface area contributed by atoms with E-state index in [0.717, 1.165) is 33.1 Å². The Hall–Kier alpha value is -2.20. The van der Waals surface area contributed by atoms with Crippen LogP contribution >= 0.6 is 15.9 Å². The minimum absolute atomic E-state index is 0.322. The fourth-order valence-corrected chi connectivity index (χ4v) is 3.16. The third-order valence-electron chi connectivity index (χ3n) is 3.77. The lowest BCUT2D eigenvalue weighted by Gasteiger charge is -2.15. The van der Waals surface area contributed by atoms with Crippen molar-refractivity contribution < 1.29 is 9.53 Å². The molecule has 2 aromatic carbocycles. The second-order valence-corrected chi connectivity index (χ2v) is 5.92. The summed E-state index contributed by atoms with van der Waals surface area (Å²) in [5, 5.41) is 1.58. The summed E-state index contributed by atoms with van der Waals surface area (Å²) < 4.78 is 5.04. The Balaban J connectivity index is 2.39. The number of hydrogen-bond acceptors (Lipinski definition) is 3. The molecule has 0 saturated carbocycles. The highest BCUT2D eigenvalue weighted by Crippen LogP contribution is 2.31. The Labute approximate surface area is 143 Å². The number of esters is 1. The summed E-state index contributed by atoms with van der Waals surface area (Å²) in [6.07, 6.45) is 0.701. The van der Waals surface area contributed by atoms with Gasteiger partial charge in [0.2, 0.25) is 0 Å². The molecule has 1 aromatic heterocycles. The van der Waals surface area contributed by atoms with Gasteiger partial charge in [0, 0.05) is 16.3 Å². The Kier molecular flexibility index (Phi) is 4.72.